The van der Waals surface area contributed by atoms with Gasteiger partial charge in [-0.3, -0.25) is 0 Å². The fraction of sp³-hybridized carbons (Fsp3) is 0.178. The maximum Gasteiger partial charge on any atom is 2.00 e. The molecule has 0 saturated carbocycles. The molecule has 0 amide bonds. The average molecular weight is 906 g/mol. The number of pyridine rings is 2. The summed E-state index contributed by atoms with van der Waals surface area (Å²) in [6.07, 6.45) is 6.50. The number of hydrogen-bond acceptors (Lipinski definition) is 7. The van der Waals surface area contributed by atoms with Crippen molar-refractivity contribution in [1.29, 1.82) is 0 Å². The molecule has 0 unspecified atom stereocenters. The summed E-state index contributed by atoms with van der Waals surface area (Å²) >= 11 is 0. The zero-order valence-electron chi connectivity index (χ0n) is 31.0. The van der Waals surface area contributed by atoms with Gasteiger partial charge in [-0.15, -0.1) is 58.7 Å². The van der Waals surface area contributed by atoms with Gasteiger partial charge in [0.25, 0.3) is 0 Å². The second kappa shape index (κ2) is 15.9. The third-order valence-electron chi connectivity index (χ3n) is 8.96. The van der Waals surface area contributed by atoms with Crippen LogP contribution in [-0.4, -0.2) is 29.5 Å². The molecule has 8 rings (SSSR count). The van der Waals surface area contributed by atoms with E-state index in [-0.39, 0.29) is 51.7 Å². The molecule has 10 heteroatoms. The van der Waals surface area contributed by atoms with Crippen molar-refractivity contribution in [2.45, 2.75) is 52.4 Å². The predicted octanol–water partition coefficient (Wildman–Crippen LogP) is 10.5. The second-order valence-electron chi connectivity index (χ2n) is 14.9. The minimum Gasteiger partial charge on any atom is -0.503 e. The van der Waals surface area contributed by atoms with E-state index >= 15 is 0 Å². The summed E-state index contributed by atoms with van der Waals surface area (Å²) in [6, 6.07) is 41.7. The fourth-order valence-electron chi connectivity index (χ4n) is 6.11. The van der Waals surface area contributed by atoms with Gasteiger partial charge in [-0.05, 0) is 34.4 Å². The minimum absolute atomic E-state index is 0. The molecule has 8 nitrogen and oxygen atoms in total. The van der Waals surface area contributed by atoms with Crippen molar-refractivity contribution < 1.29 is 50.3 Å². The van der Waals surface area contributed by atoms with E-state index in [0.29, 0.717) is 40.0 Å². The van der Waals surface area contributed by atoms with Crippen LogP contribution in [0, 0.1) is 24.3 Å². The first-order valence-corrected chi connectivity index (χ1v) is 17.4. The van der Waals surface area contributed by atoms with Crippen LogP contribution in [0.2, 0.25) is 0 Å². The van der Waals surface area contributed by atoms with E-state index in [4.69, 9.17) is 9.47 Å². The Kier molecular flexibility index (Phi) is 11.5. The molecule has 4 aromatic carbocycles. The first-order valence-electron chi connectivity index (χ1n) is 17.4. The summed E-state index contributed by atoms with van der Waals surface area (Å²) in [4.78, 5) is 22.2. The summed E-state index contributed by atoms with van der Waals surface area (Å²) in [6.45, 7) is 13.0. The second-order valence-corrected chi connectivity index (χ2v) is 14.9. The Morgan fingerprint density at radius 2 is 0.964 bits per heavy atom. The fourth-order valence-corrected chi connectivity index (χ4v) is 6.11. The molecule has 8 aromatic rings. The van der Waals surface area contributed by atoms with Crippen molar-refractivity contribution in [3.63, 3.8) is 0 Å². The Morgan fingerprint density at radius 3 is 1.36 bits per heavy atom. The number of ether oxygens (including phenoxy) is 2. The third kappa shape index (κ3) is 8.44. The van der Waals surface area contributed by atoms with Crippen LogP contribution < -0.4 is 9.47 Å². The Morgan fingerprint density at radius 1 is 0.509 bits per heavy atom. The molecule has 0 aliphatic heterocycles. The topological polar surface area (TPSA) is 87.8 Å². The molecule has 0 spiro atoms. The van der Waals surface area contributed by atoms with E-state index in [2.05, 4.69) is 103 Å². The van der Waals surface area contributed by atoms with Crippen molar-refractivity contribution in [3.8, 4) is 51.5 Å². The Bertz CT molecular complexity index is 2420. The molecule has 0 radical (unpaired) electrons. The van der Waals surface area contributed by atoms with E-state index < -0.39 is 0 Å². The molecule has 0 fully saturated rings. The average Bonchev–Trinajstić information content (AvgIpc) is 3.47. The van der Waals surface area contributed by atoms with Crippen LogP contribution in [0.25, 0.3) is 50.3 Å². The van der Waals surface area contributed by atoms with E-state index in [1.54, 1.807) is 12.4 Å². The van der Waals surface area contributed by atoms with E-state index in [0.717, 1.165) is 44.4 Å². The first-order chi connectivity index (χ1) is 25.5. The Hall–Kier alpha value is -5.09. The number of rotatable bonds is 7. The molecule has 0 aliphatic rings. The number of fused-ring (bicyclic) bond motifs is 3. The zero-order valence-corrected chi connectivity index (χ0v) is 34.1. The zero-order chi connectivity index (χ0) is 36.7. The molecule has 0 N–H and O–H groups in total. The van der Waals surface area contributed by atoms with E-state index in [9.17, 15) is 0 Å². The van der Waals surface area contributed by atoms with Gasteiger partial charge in [0.05, 0.1) is 0 Å². The van der Waals surface area contributed by atoms with Crippen LogP contribution in [-0.2, 0) is 51.7 Å². The van der Waals surface area contributed by atoms with Gasteiger partial charge in [-0.1, -0.05) is 101 Å². The van der Waals surface area contributed by atoms with E-state index in [1.807, 2.05) is 77.4 Å². The number of aromatic nitrogens is 6. The van der Waals surface area contributed by atoms with Crippen LogP contribution in [0.4, 0.5) is 0 Å². The van der Waals surface area contributed by atoms with E-state index in [1.165, 1.54) is 12.7 Å². The normalized spacial score (nSPS) is 11.5. The van der Waals surface area contributed by atoms with Gasteiger partial charge < -0.3 is 24.0 Å². The van der Waals surface area contributed by atoms with Gasteiger partial charge >= 0.3 is 40.8 Å². The number of benzene rings is 4. The van der Waals surface area contributed by atoms with Crippen molar-refractivity contribution in [2.24, 2.45) is 0 Å². The van der Waals surface area contributed by atoms with Gasteiger partial charge in [0, 0.05) is 35.4 Å². The minimum atomic E-state index is -0.128. The Labute approximate surface area is 348 Å². The smallest absolute Gasteiger partial charge is 0.503 e. The first kappa shape index (κ1) is 39.6. The molecule has 4 aromatic heterocycles. The van der Waals surface area contributed by atoms with Crippen LogP contribution in [0.3, 0.4) is 0 Å². The summed E-state index contributed by atoms with van der Waals surface area (Å²) < 4.78 is 14.9. The van der Waals surface area contributed by atoms with Gasteiger partial charge in [0.1, 0.15) is 12.7 Å². The van der Waals surface area contributed by atoms with Gasteiger partial charge in [0.15, 0.2) is 0 Å². The largest absolute Gasteiger partial charge is 2.00 e. The molecular formula is C45H36N6O2Pd2. The molecule has 0 saturated heterocycles. The van der Waals surface area contributed by atoms with Crippen molar-refractivity contribution >= 4 is 21.8 Å². The van der Waals surface area contributed by atoms with Crippen molar-refractivity contribution in [1.82, 2.24) is 29.5 Å². The van der Waals surface area contributed by atoms with Gasteiger partial charge in [-0.2, -0.15) is 22.9 Å². The maximum absolute atomic E-state index is 6.51. The van der Waals surface area contributed by atoms with Crippen molar-refractivity contribution in [3.05, 3.63) is 145 Å². The quantitative estimate of drug-likeness (QED) is 0.116. The van der Waals surface area contributed by atoms with Gasteiger partial charge in [0.2, 0.25) is 5.95 Å². The standard InChI is InChI=1S/C45H36N6O2.2Pd/c1-44(2,3)31-19-29(39-11-7-9-17-47-39)21-35(23-31)52-33-13-15-37-38-16-14-34(26-42(38)51(41(37)25-33)43-49-27-46-28-50-43)53-36-22-30(40-12-8-10-18-48-40)20-32(24-36)45(4,5)6;;/h7-20,23-24,27-28H,1-6H3;;/q-4;2*+2. The molecule has 4 heterocycles. The third-order valence-corrected chi connectivity index (χ3v) is 8.96. The molecule has 0 atom stereocenters. The van der Waals surface area contributed by atoms with Crippen LogP contribution in [0.1, 0.15) is 52.7 Å². The molecule has 0 bridgehead atoms. The van der Waals surface area contributed by atoms with Crippen LogP contribution in [0.5, 0.6) is 23.0 Å². The maximum atomic E-state index is 6.51. The summed E-state index contributed by atoms with van der Waals surface area (Å²) in [5, 5.41) is 1.85. The Balaban J connectivity index is 0.00000257. The predicted molar refractivity (Wildman–Crippen MR) is 206 cm³/mol. The summed E-state index contributed by atoms with van der Waals surface area (Å²) in [7, 11) is 0. The summed E-state index contributed by atoms with van der Waals surface area (Å²) in [5.41, 5.74) is 6.73. The number of hydrogen-bond donors (Lipinski definition) is 0. The number of nitrogens with zero attached hydrogens (tertiary/aromatic N) is 6. The van der Waals surface area contributed by atoms with Crippen LogP contribution >= 0.6 is 0 Å². The SMILES string of the molecule is CC(C)(C)c1cc(Oc2[c-]c3c(cc2)c2ccc(Oc4[c-]c(-c5ccccn5)cc(C(C)(C)C)c4)[c-]c2n3-c2ncncn2)[c-]c(-c2ccccn2)c1.[Pd+2].[Pd+2]. The molecular weight excluding hydrogens is 869 g/mol. The monoisotopic (exact) mass is 904 g/mol. The molecule has 278 valence electrons. The summed E-state index contributed by atoms with van der Waals surface area (Å²) in [5.74, 6) is 2.57. The molecule has 55 heavy (non-hydrogen) atoms. The molecule has 0 aliphatic carbocycles. The van der Waals surface area contributed by atoms with Crippen LogP contribution in [0.15, 0.2) is 110 Å². The van der Waals surface area contributed by atoms with Crippen molar-refractivity contribution in [2.75, 3.05) is 0 Å². The van der Waals surface area contributed by atoms with Gasteiger partial charge in [-0.25, -0.2) is 15.0 Å².